The Balaban J connectivity index is 2.27. The standard InChI is InChI=1S/C28H16F16N2O2/c1-3-11(45(25(47)27(39,40)41)23-19(35)15(31)13(29)16(32)20(23)36)9-5-7-10(8-6-9)12(4-2)46(26(48)28(42,43)44)24-21(37)17(33)14(30)18(34)22(24)38/h5-8,11-12H,3-4H2,1-2H3. The van der Waals surface area contributed by atoms with Crippen molar-refractivity contribution in [2.75, 3.05) is 9.80 Å². The smallest absolute Gasteiger partial charge is 0.292 e. The maximum atomic E-state index is 14.6. The van der Waals surface area contributed by atoms with Crippen molar-refractivity contribution in [1.82, 2.24) is 0 Å². The predicted octanol–water partition coefficient (Wildman–Crippen LogP) is 9.17. The number of benzene rings is 3. The highest BCUT2D eigenvalue weighted by atomic mass is 19.4. The average molecular weight is 716 g/mol. The molecule has 0 aliphatic rings. The quantitative estimate of drug-likeness (QED) is 0.133. The Bertz CT molecular complexity index is 1550. The molecule has 0 saturated carbocycles. The number of hydrogen-bond donors (Lipinski definition) is 0. The lowest BCUT2D eigenvalue weighted by molar-refractivity contribution is -0.171. The minimum atomic E-state index is -5.99. The van der Waals surface area contributed by atoms with Gasteiger partial charge in [0.25, 0.3) is 0 Å². The first-order valence-corrected chi connectivity index (χ1v) is 13.0. The molecule has 0 aromatic heterocycles. The first-order valence-electron chi connectivity index (χ1n) is 13.0. The number of alkyl halides is 6. The Morgan fingerprint density at radius 3 is 0.875 bits per heavy atom. The van der Waals surface area contributed by atoms with Gasteiger partial charge in [0.15, 0.2) is 46.5 Å². The van der Waals surface area contributed by atoms with Gasteiger partial charge in [-0.1, -0.05) is 38.1 Å². The van der Waals surface area contributed by atoms with Gasteiger partial charge in [0.1, 0.15) is 11.4 Å². The van der Waals surface area contributed by atoms with Crippen LogP contribution < -0.4 is 9.80 Å². The number of halogens is 16. The molecule has 0 saturated heterocycles. The number of carbonyl (C=O) groups is 2. The van der Waals surface area contributed by atoms with Crippen molar-refractivity contribution in [3.05, 3.63) is 93.6 Å². The highest BCUT2D eigenvalue weighted by molar-refractivity contribution is 5.99. The van der Waals surface area contributed by atoms with E-state index in [1.54, 1.807) is 0 Å². The van der Waals surface area contributed by atoms with Gasteiger partial charge in [-0.2, -0.15) is 26.3 Å². The third-order valence-electron chi connectivity index (χ3n) is 6.88. The van der Waals surface area contributed by atoms with Crippen molar-refractivity contribution >= 4 is 23.2 Å². The van der Waals surface area contributed by atoms with Crippen LogP contribution in [-0.2, 0) is 9.59 Å². The number of carbonyl (C=O) groups excluding carboxylic acids is 2. The van der Waals surface area contributed by atoms with Crippen LogP contribution in [0.15, 0.2) is 24.3 Å². The van der Waals surface area contributed by atoms with Gasteiger partial charge >= 0.3 is 24.2 Å². The van der Waals surface area contributed by atoms with Crippen molar-refractivity contribution in [2.45, 2.75) is 51.1 Å². The van der Waals surface area contributed by atoms with E-state index >= 15 is 0 Å². The highest BCUT2D eigenvalue weighted by Crippen LogP contribution is 2.42. The van der Waals surface area contributed by atoms with Crippen LogP contribution in [0.3, 0.4) is 0 Å². The summed E-state index contributed by atoms with van der Waals surface area (Å²) in [6, 6.07) is -1.89. The molecule has 2 amide bonds. The van der Waals surface area contributed by atoms with Gasteiger partial charge < -0.3 is 0 Å². The summed E-state index contributed by atoms with van der Waals surface area (Å²) in [5, 5.41) is 0. The first kappa shape index (κ1) is 37.9. The van der Waals surface area contributed by atoms with E-state index < -0.39 is 140 Å². The molecule has 2 unspecified atom stereocenters. The summed E-state index contributed by atoms with van der Waals surface area (Å²) in [5.41, 5.74) is -5.85. The van der Waals surface area contributed by atoms with Gasteiger partial charge in [-0.15, -0.1) is 0 Å². The summed E-state index contributed by atoms with van der Waals surface area (Å²) in [6.07, 6.45) is -13.5. The molecule has 0 spiro atoms. The zero-order valence-corrected chi connectivity index (χ0v) is 23.6. The van der Waals surface area contributed by atoms with Crippen molar-refractivity contribution in [1.29, 1.82) is 0 Å². The zero-order valence-electron chi connectivity index (χ0n) is 23.6. The Morgan fingerprint density at radius 2 is 0.688 bits per heavy atom. The van der Waals surface area contributed by atoms with Gasteiger partial charge in [-0.05, 0) is 24.0 Å². The summed E-state index contributed by atoms with van der Waals surface area (Å²) in [6.45, 7) is 1.98. The first-order chi connectivity index (χ1) is 22.0. The molecule has 0 fully saturated rings. The largest absolute Gasteiger partial charge is 0.471 e. The SMILES string of the molecule is CCC(c1ccc(C(CC)N(C(=O)C(F)(F)F)c2c(F)c(F)c(F)c(F)c2F)cc1)N(C(=O)C(F)(F)F)c1c(F)c(F)c(F)c(F)c1F. The predicted molar refractivity (Wildman–Crippen MR) is 132 cm³/mol. The Kier molecular flexibility index (Phi) is 10.7. The van der Waals surface area contributed by atoms with Crippen molar-refractivity contribution < 1.29 is 79.8 Å². The molecule has 2 atom stereocenters. The molecule has 20 heteroatoms. The van der Waals surface area contributed by atoms with E-state index in [0.717, 1.165) is 13.8 Å². The molecule has 3 aromatic carbocycles. The second kappa shape index (κ2) is 13.5. The number of anilines is 2. The number of rotatable bonds is 8. The third kappa shape index (κ3) is 6.60. The number of amides is 2. The van der Waals surface area contributed by atoms with Crippen LogP contribution in [0, 0.1) is 58.2 Å². The summed E-state index contributed by atoms with van der Waals surface area (Å²) in [4.78, 5) is 23.1. The van der Waals surface area contributed by atoms with E-state index in [-0.39, 0.29) is 0 Å². The second-order valence-corrected chi connectivity index (χ2v) is 9.70. The maximum Gasteiger partial charge on any atom is 0.471 e. The van der Waals surface area contributed by atoms with Crippen LogP contribution in [-0.4, -0.2) is 24.2 Å². The molecule has 0 aliphatic carbocycles. The fourth-order valence-corrected chi connectivity index (χ4v) is 4.76. The summed E-state index contributed by atoms with van der Waals surface area (Å²) < 4.78 is 223. The average Bonchev–Trinajstić information content (AvgIpc) is 3.02. The minimum Gasteiger partial charge on any atom is -0.292 e. The topological polar surface area (TPSA) is 40.6 Å². The van der Waals surface area contributed by atoms with Crippen molar-refractivity contribution in [2.24, 2.45) is 0 Å². The number of nitrogens with zero attached hydrogens (tertiary/aromatic N) is 2. The summed E-state index contributed by atoms with van der Waals surface area (Å²) in [5.74, 6) is -34.0. The van der Waals surface area contributed by atoms with Crippen LogP contribution >= 0.6 is 0 Å². The lowest BCUT2D eigenvalue weighted by atomic mass is 9.95. The normalized spacial score (nSPS) is 13.4. The molecular weight excluding hydrogens is 700 g/mol. The van der Waals surface area contributed by atoms with Crippen molar-refractivity contribution in [3.8, 4) is 0 Å². The molecule has 3 rings (SSSR count). The van der Waals surface area contributed by atoms with Gasteiger partial charge in [0.2, 0.25) is 11.6 Å². The van der Waals surface area contributed by atoms with Crippen LogP contribution in [0.4, 0.5) is 81.6 Å². The molecule has 0 radical (unpaired) electrons. The van der Waals surface area contributed by atoms with Crippen LogP contribution in [0.5, 0.6) is 0 Å². The molecule has 3 aromatic rings. The van der Waals surface area contributed by atoms with Crippen molar-refractivity contribution in [3.63, 3.8) is 0 Å². The molecular formula is C28H16F16N2O2. The van der Waals surface area contributed by atoms with Crippen LogP contribution in [0.1, 0.15) is 49.9 Å². The highest BCUT2D eigenvalue weighted by Gasteiger charge is 2.50. The Labute approximate surface area is 258 Å². The summed E-state index contributed by atoms with van der Waals surface area (Å²) in [7, 11) is 0. The lowest BCUT2D eigenvalue weighted by Gasteiger charge is -2.34. The summed E-state index contributed by atoms with van der Waals surface area (Å²) >= 11 is 0. The minimum absolute atomic E-state index is 0.609. The second-order valence-electron chi connectivity index (χ2n) is 9.70. The lowest BCUT2D eigenvalue weighted by Crippen LogP contribution is -2.45. The van der Waals surface area contributed by atoms with E-state index in [0.29, 0.717) is 24.3 Å². The van der Waals surface area contributed by atoms with Crippen LogP contribution in [0.25, 0.3) is 0 Å². The number of hydrogen-bond acceptors (Lipinski definition) is 2. The van der Waals surface area contributed by atoms with Gasteiger partial charge in [0, 0.05) is 0 Å². The Morgan fingerprint density at radius 1 is 0.479 bits per heavy atom. The fourth-order valence-electron chi connectivity index (χ4n) is 4.76. The van der Waals surface area contributed by atoms with E-state index in [1.807, 2.05) is 0 Å². The van der Waals surface area contributed by atoms with Gasteiger partial charge in [-0.3, -0.25) is 19.4 Å². The van der Waals surface area contributed by atoms with Gasteiger partial charge in [-0.25, -0.2) is 43.9 Å². The van der Waals surface area contributed by atoms with E-state index in [2.05, 4.69) is 0 Å². The van der Waals surface area contributed by atoms with Gasteiger partial charge in [0.05, 0.1) is 12.1 Å². The molecule has 48 heavy (non-hydrogen) atoms. The van der Waals surface area contributed by atoms with E-state index in [9.17, 15) is 79.8 Å². The molecule has 262 valence electrons. The molecule has 0 bridgehead atoms. The molecule has 0 N–H and O–H groups in total. The maximum absolute atomic E-state index is 14.6. The fraction of sp³-hybridized carbons (Fsp3) is 0.286. The zero-order chi connectivity index (χ0) is 36.8. The third-order valence-corrected chi connectivity index (χ3v) is 6.88. The van der Waals surface area contributed by atoms with E-state index in [1.165, 1.54) is 0 Å². The Hall–Kier alpha value is -4.52. The molecule has 0 heterocycles. The monoisotopic (exact) mass is 716 g/mol. The van der Waals surface area contributed by atoms with E-state index in [4.69, 9.17) is 0 Å². The van der Waals surface area contributed by atoms with Crippen LogP contribution in [0.2, 0.25) is 0 Å². The molecule has 4 nitrogen and oxygen atoms in total. The molecule has 0 aliphatic heterocycles.